The third-order valence-electron chi connectivity index (χ3n) is 1.56. The van der Waals surface area contributed by atoms with Crippen molar-refractivity contribution < 1.29 is 14.6 Å². The molecule has 1 aliphatic heterocycles. The fourth-order valence-electron chi connectivity index (χ4n) is 0.890. The van der Waals surface area contributed by atoms with Crippen LogP contribution in [0.25, 0.3) is 0 Å². The van der Waals surface area contributed by atoms with Crippen molar-refractivity contribution in [3.8, 4) is 0 Å². The second-order valence-electron chi connectivity index (χ2n) is 2.30. The van der Waals surface area contributed by atoms with Crippen molar-refractivity contribution >= 4 is 5.91 Å². The zero-order valence-electron chi connectivity index (χ0n) is 5.91. The summed E-state index contributed by atoms with van der Waals surface area (Å²) in [4.78, 5) is 12.6. The molecule has 1 saturated heterocycles. The van der Waals surface area contributed by atoms with E-state index < -0.39 is 6.10 Å². The Bertz CT molecular complexity index is 137. The van der Waals surface area contributed by atoms with Crippen LogP contribution in [0.4, 0.5) is 0 Å². The first-order valence-electron chi connectivity index (χ1n) is 3.23. The van der Waals surface area contributed by atoms with Gasteiger partial charge in [-0.3, -0.25) is 4.79 Å². The molecule has 1 atom stereocenters. The first-order valence-corrected chi connectivity index (χ1v) is 3.23. The van der Waals surface area contributed by atoms with Crippen molar-refractivity contribution in [2.75, 3.05) is 26.8 Å². The van der Waals surface area contributed by atoms with Crippen LogP contribution in [0, 0.1) is 0 Å². The van der Waals surface area contributed by atoms with E-state index in [9.17, 15) is 4.79 Å². The molecule has 1 fully saturated rings. The minimum atomic E-state index is -0.626. The average Bonchev–Trinajstić information content (AvgIpc) is 1.95. The highest BCUT2D eigenvalue weighted by atomic mass is 16.5. The van der Waals surface area contributed by atoms with Gasteiger partial charge in [0.15, 0.2) is 6.10 Å². The van der Waals surface area contributed by atoms with Gasteiger partial charge in [0, 0.05) is 13.6 Å². The van der Waals surface area contributed by atoms with Crippen LogP contribution in [-0.4, -0.2) is 48.8 Å². The Morgan fingerprint density at radius 1 is 1.90 bits per heavy atom. The topological polar surface area (TPSA) is 49.8 Å². The molecule has 0 aliphatic carbocycles. The van der Waals surface area contributed by atoms with Gasteiger partial charge < -0.3 is 14.7 Å². The number of aliphatic hydroxyl groups excluding tert-OH is 1. The Kier molecular flexibility index (Phi) is 2.24. The molecule has 0 aromatic carbocycles. The van der Waals surface area contributed by atoms with Crippen LogP contribution in [0.1, 0.15) is 0 Å². The quantitative estimate of drug-likeness (QED) is 0.506. The number of likely N-dealkylation sites (N-methyl/N-ethyl adjacent to an activating group) is 1. The highest BCUT2D eigenvalue weighted by Crippen LogP contribution is 2.03. The van der Waals surface area contributed by atoms with E-state index in [2.05, 4.69) is 0 Å². The molecular formula is C6H11NO3. The van der Waals surface area contributed by atoms with Gasteiger partial charge >= 0.3 is 0 Å². The third kappa shape index (κ3) is 1.27. The zero-order chi connectivity index (χ0) is 7.56. The number of rotatable bonds is 1. The lowest BCUT2D eigenvalue weighted by atomic mass is 10.3. The van der Waals surface area contributed by atoms with E-state index in [0.29, 0.717) is 13.2 Å². The van der Waals surface area contributed by atoms with Gasteiger partial charge in [0.2, 0.25) is 0 Å². The van der Waals surface area contributed by atoms with E-state index in [-0.39, 0.29) is 12.5 Å². The lowest BCUT2D eigenvalue weighted by molar-refractivity contribution is -0.153. The summed E-state index contributed by atoms with van der Waals surface area (Å²) < 4.78 is 4.97. The number of nitrogens with zero attached hydrogens (tertiary/aromatic N) is 1. The minimum Gasteiger partial charge on any atom is -0.393 e. The van der Waals surface area contributed by atoms with Crippen LogP contribution < -0.4 is 0 Å². The maximum atomic E-state index is 11.0. The number of carbonyl (C=O) groups is 1. The van der Waals surface area contributed by atoms with Crippen molar-refractivity contribution in [1.29, 1.82) is 0 Å². The van der Waals surface area contributed by atoms with E-state index in [1.807, 2.05) is 0 Å². The molecule has 0 radical (unpaired) electrons. The van der Waals surface area contributed by atoms with E-state index >= 15 is 0 Å². The lowest BCUT2D eigenvalue weighted by Crippen LogP contribution is -2.47. The highest BCUT2D eigenvalue weighted by molar-refractivity contribution is 5.81. The molecule has 58 valence electrons. The van der Waals surface area contributed by atoms with Crippen LogP contribution in [0.2, 0.25) is 0 Å². The molecule has 10 heavy (non-hydrogen) atoms. The van der Waals surface area contributed by atoms with Crippen LogP contribution in [-0.2, 0) is 9.53 Å². The predicted molar refractivity (Wildman–Crippen MR) is 34.5 cm³/mol. The third-order valence-corrected chi connectivity index (χ3v) is 1.56. The maximum Gasteiger partial charge on any atom is 0.253 e. The molecule has 1 N–H and O–H groups in total. The molecule has 4 heteroatoms. The molecule has 1 amide bonds. The number of hydrogen-bond donors (Lipinski definition) is 1. The second kappa shape index (κ2) is 2.98. The van der Waals surface area contributed by atoms with Gasteiger partial charge in [-0.15, -0.1) is 0 Å². The summed E-state index contributed by atoms with van der Waals surface area (Å²) in [6.07, 6.45) is -0.626. The minimum absolute atomic E-state index is 0.131. The van der Waals surface area contributed by atoms with Crippen molar-refractivity contribution in [2.45, 2.75) is 6.10 Å². The molecule has 1 aliphatic rings. The number of amides is 1. The predicted octanol–water partition coefficient (Wildman–Crippen LogP) is -1.16. The first-order chi connectivity index (χ1) is 4.75. The molecule has 1 rings (SSSR count). The lowest BCUT2D eigenvalue weighted by Gasteiger charge is -2.28. The number of aliphatic hydroxyl groups is 1. The van der Waals surface area contributed by atoms with E-state index in [1.165, 1.54) is 0 Å². The van der Waals surface area contributed by atoms with Gasteiger partial charge in [-0.25, -0.2) is 0 Å². The van der Waals surface area contributed by atoms with Gasteiger partial charge in [0.05, 0.1) is 13.2 Å². The molecule has 0 unspecified atom stereocenters. The van der Waals surface area contributed by atoms with E-state index in [0.717, 1.165) is 0 Å². The molecule has 0 aromatic rings. The molecular weight excluding hydrogens is 134 g/mol. The summed E-state index contributed by atoms with van der Waals surface area (Å²) in [5.41, 5.74) is 0. The molecule has 0 saturated carbocycles. The summed E-state index contributed by atoms with van der Waals surface area (Å²) in [5.74, 6) is -0.131. The molecule has 0 spiro atoms. The van der Waals surface area contributed by atoms with Gasteiger partial charge in [-0.1, -0.05) is 0 Å². The fraction of sp³-hybridized carbons (Fsp3) is 0.833. The Hall–Kier alpha value is -0.610. The van der Waals surface area contributed by atoms with Crippen LogP contribution in [0.3, 0.4) is 0 Å². The summed E-state index contributed by atoms with van der Waals surface area (Å²) >= 11 is 0. The monoisotopic (exact) mass is 145 g/mol. The Balaban J connectivity index is 2.51. The average molecular weight is 145 g/mol. The van der Waals surface area contributed by atoms with Crippen LogP contribution in [0.15, 0.2) is 0 Å². The smallest absolute Gasteiger partial charge is 0.253 e. The summed E-state index contributed by atoms with van der Waals surface area (Å²) in [5, 5.41) is 8.61. The molecule has 1 heterocycles. The Labute approximate surface area is 59.4 Å². The number of hydrogen-bond acceptors (Lipinski definition) is 3. The van der Waals surface area contributed by atoms with Crippen LogP contribution >= 0.6 is 0 Å². The van der Waals surface area contributed by atoms with Crippen molar-refractivity contribution in [2.24, 2.45) is 0 Å². The zero-order valence-corrected chi connectivity index (χ0v) is 5.91. The summed E-state index contributed by atoms with van der Waals surface area (Å²) in [7, 11) is 1.70. The largest absolute Gasteiger partial charge is 0.393 e. The Morgan fingerprint density at radius 3 is 3.10 bits per heavy atom. The van der Waals surface area contributed by atoms with Crippen molar-refractivity contribution in [1.82, 2.24) is 4.90 Å². The highest BCUT2D eigenvalue weighted by Gasteiger charge is 2.25. The van der Waals surface area contributed by atoms with Gasteiger partial charge in [0.25, 0.3) is 5.91 Å². The summed E-state index contributed by atoms with van der Waals surface area (Å²) in [6.45, 7) is 0.923. The van der Waals surface area contributed by atoms with Crippen molar-refractivity contribution in [3.63, 3.8) is 0 Å². The van der Waals surface area contributed by atoms with Crippen LogP contribution in [0.5, 0.6) is 0 Å². The van der Waals surface area contributed by atoms with E-state index in [1.54, 1.807) is 11.9 Å². The molecule has 4 nitrogen and oxygen atoms in total. The standard InChI is InChI=1S/C6H11NO3/c1-7-2-3-10-5(4-8)6(7)9/h5,8H,2-4H2,1H3/t5-/m0/s1. The fourth-order valence-corrected chi connectivity index (χ4v) is 0.890. The maximum absolute atomic E-state index is 11.0. The van der Waals surface area contributed by atoms with Gasteiger partial charge in [-0.05, 0) is 0 Å². The molecule has 0 aromatic heterocycles. The van der Waals surface area contributed by atoms with Gasteiger partial charge in [-0.2, -0.15) is 0 Å². The molecule has 0 bridgehead atoms. The SMILES string of the molecule is CN1CCO[C@@H](CO)C1=O. The van der Waals surface area contributed by atoms with Crippen molar-refractivity contribution in [3.05, 3.63) is 0 Å². The van der Waals surface area contributed by atoms with E-state index in [4.69, 9.17) is 9.84 Å². The second-order valence-corrected chi connectivity index (χ2v) is 2.30. The number of morpholine rings is 1. The number of carbonyl (C=O) groups excluding carboxylic acids is 1. The number of ether oxygens (including phenoxy) is 1. The normalized spacial score (nSPS) is 27.2. The summed E-state index contributed by atoms with van der Waals surface area (Å²) in [6, 6.07) is 0. The first kappa shape index (κ1) is 7.50. The van der Waals surface area contributed by atoms with Gasteiger partial charge in [0.1, 0.15) is 0 Å². The Morgan fingerprint density at radius 2 is 2.60 bits per heavy atom.